The minimum atomic E-state index is -1.03. The molecule has 2 aliphatic heterocycles. The first kappa shape index (κ1) is 21.8. The summed E-state index contributed by atoms with van der Waals surface area (Å²) in [6.45, 7) is 2.69. The van der Waals surface area contributed by atoms with Gasteiger partial charge in [-0.2, -0.15) is 0 Å². The lowest BCUT2D eigenvalue weighted by molar-refractivity contribution is -0.137. The number of rotatable bonds is 7. The van der Waals surface area contributed by atoms with E-state index in [4.69, 9.17) is 0 Å². The Kier molecular flexibility index (Phi) is 6.65. The topological polar surface area (TPSA) is 115 Å². The van der Waals surface area contributed by atoms with Crippen LogP contribution in [0.2, 0.25) is 0 Å². The number of aliphatic carboxylic acids is 1. The van der Waals surface area contributed by atoms with Crippen LogP contribution in [-0.2, 0) is 22.4 Å². The Labute approximate surface area is 186 Å². The van der Waals surface area contributed by atoms with Crippen LogP contribution < -0.4 is 15.5 Å². The molecular weight excluding hydrogens is 410 g/mol. The molecule has 0 aliphatic carbocycles. The minimum absolute atomic E-state index is 0.124. The van der Waals surface area contributed by atoms with E-state index in [1.54, 1.807) is 23.2 Å². The van der Waals surface area contributed by atoms with Gasteiger partial charge in [0.05, 0.1) is 12.5 Å². The van der Waals surface area contributed by atoms with Gasteiger partial charge in [0.1, 0.15) is 6.54 Å². The van der Waals surface area contributed by atoms with Crippen LogP contribution >= 0.6 is 0 Å². The second-order valence-electron chi connectivity index (χ2n) is 8.06. The molecule has 3 N–H and O–H groups in total. The van der Waals surface area contributed by atoms with E-state index < -0.39 is 17.9 Å². The van der Waals surface area contributed by atoms with Crippen LogP contribution in [0.15, 0.2) is 42.7 Å². The number of nitrogens with one attached hydrogen (secondary N) is 2. The number of pyridine rings is 1. The maximum absolute atomic E-state index is 13.0. The molecule has 1 aromatic heterocycles. The van der Waals surface area contributed by atoms with Crippen LogP contribution in [0.4, 0.5) is 10.5 Å². The van der Waals surface area contributed by atoms with Crippen molar-refractivity contribution in [1.82, 2.24) is 20.5 Å². The molecule has 2 aliphatic rings. The van der Waals surface area contributed by atoms with Crippen molar-refractivity contribution in [2.45, 2.75) is 25.3 Å². The maximum Gasteiger partial charge on any atom is 0.325 e. The summed E-state index contributed by atoms with van der Waals surface area (Å²) in [6, 6.07) is 8.62. The van der Waals surface area contributed by atoms with Gasteiger partial charge in [-0.15, -0.1) is 0 Å². The van der Waals surface area contributed by atoms with E-state index in [2.05, 4.69) is 27.8 Å². The number of nitrogens with zero attached hydrogens (tertiary/aromatic N) is 3. The number of hydrogen-bond donors (Lipinski definition) is 3. The standard InChI is InChI=1S/C23H27N5O4/c29-21(26-20(13-22(30)31)18-2-1-7-25-14-18)15-27-10-11-28(23(27)32)19-4-3-16-5-8-24-9-6-17(16)12-19/h1-4,7,12,14,20,24H,5-6,8-11,13,15H2,(H,26,29)(H,30,31). The number of benzene rings is 1. The van der Waals surface area contributed by atoms with E-state index in [9.17, 15) is 19.5 Å². The fourth-order valence-corrected chi connectivity index (χ4v) is 4.22. The predicted octanol–water partition coefficient (Wildman–Crippen LogP) is 1.34. The number of carbonyl (C=O) groups excluding carboxylic acids is 2. The Morgan fingerprint density at radius 2 is 1.97 bits per heavy atom. The van der Waals surface area contributed by atoms with Gasteiger partial charge in [-0.1, -0.05) is 12.1 Å². The van der Waals surface area contributed by atoms with Gasteiger partial charge in [-0.05, 0) is 60.8 Å². The first-order valence-electron chi connectivity index (χ1n) is 10.8. The van der Waals surface area contributed by atoms with Crippen molar-refractivity contribution >= 4 is 23.6 Å². The molecule has 3 amide bonds. The van der Waals surface area contributed by atoms with Gasteiger partial charge in [0, 0.05) is 31.2 Å². The lowest BCUT2D eigenvalue weighted by atomic mass is 10.0. The molecule has 1 unspecified atom stereocenters. The zero-order valence-electron chi connectivity index (χ0n) is 17.8. The van der Waals surface area contributed by atoms with Gasteiger partial charge in [-0.25, -0.2) is 4.79 Å². The number of hydrogen-bond acceptors (Lipinski definition) is 5. The summed E-state index contributed by atoms with van der Waals surface area (Å²) in [5.74, 6) is -1.43. The molecule has 32 heavy (non-hydrogen) atoms. The molecule has 0 spiro atoms. The van der Waals surface area contributed by atoms with E-state index in [-0.39, 0.29) is 19.0 Å². The molecule has 0 radical (unpaired) electrons. The lowest BCUT2D eigenvalue weighted by Gasteiger charge is -2.21. The van der Waals surface area contributed by atoms with Crippen LogP contribution in [0.5, 0.6) is 0 Å². The van der Waals surface area contributed by atoms with Crippen molar-refractivity contribution in [3.05, 3.63) is 59.4 Å². The van der Waals surface area contributed by atoms with Crippen molar-refractivity contribution < 1.29 is 19.5 Å². The van der Waals surface area contributed by atoms with E-state index in [1.165, 1.54) is 22.2 Å². The summed E-state index contributed by atoms with van der Waals surface area (Å²) >= 11 is 0. The molecule has 1 saturated heterocycles. The monoisotopic (exact) mass is 437 g/mol. The van der Waals surface area contributed by atoms with Gasteiger partial charge in [0.25, 0.3) is 0 Å². The summed E-state index contributed by atoms with van der Waals surface area (Å²) in [4.78, 5) is 44.0. The van der Waals surface area contributed by atoms with Gasteiger partial charge in [0.2, 0.25) is 5.91 Å². The molecule has 1 fully saturated rings. The second-order valence-corrected chi connectivity index (χ2v) is 8.06. The third-order valence-electron chi connectivity index (χ3n) is 5.87. The number of amides is 3. The Bertz CT molecular complexity index is 997. The molecule has 0 saturated carbocycles. The molecule has 1 atom stereocenters. The van der Waals surface area contributed by atoms with Gasteiger partial charge < -0.3 is 20.6 Å². The molecule has 3 heterocycles. The quantitative estimate of drug-likeness (QED) is 0.602. The fourth-order valence-electron chi connectivity index (χ4n) is 4.22. The number of anilines is 1. The molecule has 168 valence electrons. The molecular formula is C23H27N5O4. The Balaban J connectivity index is 1.40. The summed E-state index contributed by atoms with van der Waals surface area (Å²) in [6.07, 6.45) is 4.76. The van der Waals surface area contributed by atoms with E-state index in [1.807, 2.05) is 6.07 Å². The number of carbonyl (C=O) groups is 3. The van der Waals surface area contributed by atoms with Gasteiger partial charge in [-0.3, -0.25) is 19.5 Å². The summed E-state index contributed by atoms with van der Waals surface area (Å²) < 4.78 is 0. The molecule has 1 aromatic carbocycles. The van der Waals surface area contributed by atoms with Crippen LogP contribution in [-0.4, -0.2) is 65.6 Å². The first-order valence-corrected chi connectivity index (χ1v) is 10.8. The zero-order chi connectivity index (χ0) is 22.5. The average molecular weight is 438 g/mol. The highest BCUT2D eigenvalue weighted by molar-refractivity contribution is 5.96. The van der Waals surface area contributed by atoms with Crippen LogP contribution in [0.3, 0.4) is 0 Å². The van der Waals surface area contributed by atoms with Crippen LogP contribution in [0.1, 0.15) is 29.2 Å². The minimum Gasteiger partial charge on any atom is -0.481 e. The zero-order valence-corrected chi connectivity index (χ0v) is 17.8. The first-order chi connectivity index (χ1) is 15.5. The molecule has 0 bridgehead atoms. The Morgan fingerprint density at radius 3 is 2.72 bits per heavy atom. The van der Waals surface area contributed by atoms with Crippen molar-refractivity contribution in [2.75, 3.05) is 37.6 Å². The maximum atomic E-state index is 13.0. The summed E-state index contributed by atoms with van der Waals surface area (Å²) in [5.41, 5.74) is 4.01. The number of fused-ring (bicyclic) bond motifs is 1. The van der Waals surface area contributed by atoms with E-state index in [0.29, 0.717) is 18.7 Å². The third-order valence-corrected chi connectivity index (χ3v) is 5.87. The average Bonchev–Trinajstić information content (AvgIpc) is 2.98. The van der Waals surface area contributed by atoms with Gasteiger partial charge >= 0.3 is 12.0 Å². The molecule has 2 aromatic rings. The SMILES string of the molecule is O=C(O)CC(NC(=O)CN1CCN(c2ccc3c(c2)CCNCC3)C1=O)c1cccnc1. The molecule has 9 heteroatoms. The Hall–Kier alpha value is -3.46. The third kappa shape index (κ3) is 5.05. The second kappa shape index (κ2) is 9.78. The molecule has 4 rings (SSSR count). The van der Waals surface area contributed by atoms with E-state index in [0.717, 1.165) is 31.6 Å². The fraction of sp³-hybridized carbons (Fsp3) is 0.391. The van der Waals surface area contributed by atoms with Crippen molar-refractivity contribution in [1.29, 1.82) is 0 Å². The highest BCUT2D eigenvalue weighted by atomic mass is 16.4. The smallest absolute Gasteiger partial charge is 0.325 e. The van der Waals surface area contributed by atoms with Crippen LogP contribution in [0.25, 0.3) is 0 Å². The highest BCUT2D eigenvalue weighted by Gasteiger charge is 2.32. The lowest BCUT2D eigenvalue weighted by Crippen LogP contribution is -2.41. The van der Waals surface area contributed by atoms with Gasteiger partial charge in [0.15, 0.2) is 0 Å². The summed E-state index contributed by atoms with van der Waals surface area (Å²) in [5, 5.41) is 15.3. The van der Waals surface area contributed by atoms with E-state index >= 15 is 0 Å². The predicted molar refractivity (Wildman–Crippen MR) is 118 cm³/mol. The number of carboxylic acid groups (broad SMARTS) is 1. The largest absolute Gasteiger partial charge is 0.481 e. The molecule has 9 nitrogen and oxygen atoms in total. The number of urea groups is 1. The van der Waals surface area contributed by atoms with Crippen molar-refractivity contribution in [3.63, 3.8) is 0 Å². The normalized spacial score (nSPS) is 16.9. The van der Waals surface area contributed by atoms with Crippen LogP contribution in [0, 0.1) is 0 Å². The van der Waals surface area contributed by atoms with Crippen molar-refractivity contribution in [2.24, 2.45) is 0 Å². The number of carboxylic acids is 1. The summed E-state index contributed by atoms with van der Waals surface area (Å²) in [7, 11) is 0. The number of aromatic nitrogens is 1. The highest BCUT2D eigenvalue weighted by Crippen LogP contribution is 2.25. The Morgan fingerprint density at radius 1 is 1.16 bits per heavy atom. The van der Waals surface area contributed by atoms with Crippen molar-refractivity contribution in [3.8, 4) is 0 Å².